The minimum atomic E-state index is -0.429. The van der Waals surface area contributed by atoms with E-state index < -0.39 is 5.82 Å². The molecule has 0 bridgehead atoms. The summed E-state index contributed by atoms with van der Waals surface area (Å²) in [5.74, 6) is -0.0202. The Labute approximate surface area is 237 Å². The fraction of sp³-hybridized carbons (Fsp3) is 0.258. The van der Waals surface area contributed by atoms with Crippen LogP contribution in [-0.2, 0) is 9.59 Å². The molecule has 1 saturated heterocycles. The van der Waals surface area contributed by atoms with Crippen molar-refractivity contribution in [2.45, 2.75) is 38.1 Å². The first-order chi connectivity index (χ1) is 19.5. The van der Waals surface area contributed by atoms with Crippen LogP contribution in [0.1, 0.15) is 37.7 Å². The number of aliphatic imine (C=N–C) groups is 1. The summed E-state index contributed by atoms with van der Waals surface area (Å²) < 4.78 is 25.6. The molecule has 0 spiro atoms. The first-order valence-electron chi connectivity index (χ1n) is 13.2. The summed E-state index contributed by atoms with van der Waals surface area (Å²) in [7, 11) is 1.52. The molecule has 7 nitrogen and oxygen atoms in total. The smallest absolute Gasteiger partial charge is 0.267 e. The maximum absolute atomic E-state index is 14.4. The van der Waals surface area contributed by atoms with Gasteiger partial charge in [0.05, 0.1) is 12.0 Å². The summed E-state index contributed by atoms with van der Waals surface area (Å²) in [4.78, 5) is 32.7. The molecule has 1 N–H and O–H groups in total. The number of rotatable bonds is 8. The number of carbonyl (C=O) groups excluding carboxylic acids is 2. The largest absolute Gasteiger partial charge is 0.493 e. The van der Waals surface area contributed by atoms with Crippen LogP contribution in [0.5, 0.6) is 11.5 Å². The van der Waals surface area contributed by atoms with Crippen LogP contribution in [0.15, 0.2) is 82.7 Å². The normalized spacial score (nSPS) is 17.9. The Hall–Kier alpha value is -4.11. The van der Waals surface area contributed by atoms with Crippen molar-refractivity contribution >= 4 is 46.2 Å². The molecule has 0 aromatic heterocycles. The average molecular weight is 560 g/mol. The number of carbonyl (C=O) groups is 2. The number of nitrogens with zero attached hydrogens (tertiary/aromatic N) is 2. The van der Waals surface area contributed by atoms with E-state index in [2.05, 4.69) is 10.3 Å². The Morgan fingerprint density at radius 1 is 1.05 bits per heavy atom. The van der Waals surface area contributed by atoms with E-state index in [0.29, 0.717) is 27.3 Å². The van der Waals surface area contributed by atoms with E-state index in [1.165, 1.54) is 24.9 Å². The number of methoxy groups -OCH3 is 1. The maximum atomic E-state index is 14.4. The third kappa shape index (κ3) is 6.54. The van der Waals surface area contributed by atoms with Gasteiger partial charge < -0.3 is 14.8 Å². The fourth-order valence-corrected chi connectivity index (χ4v) is 5.83. The van der Waals surface area contributed by atoms with Crippen LogP contribution in [0.4, 0.5) is 15.8 Å². The number of ether oxygens (including phenoxy) is 2. The van der Waals surface area contributed by atoms with Gasteiger partial charge in [0.1, 0.15) is 11.5 Å². The van der Waals surface area contributed by atoms with E-state index in [1.54, 1.807) is 59.5 Å². The lowest BCUT2D eigenvalue weighted by molar-refractivity contribution is -0.124. The van der Waals surface area contributed by atoms with Crippen molar-refractivity contribution in [3.63, 3.8) is 0 Å². The molecule has 1 heterocycles. The minimum Gasteiger partial charge on any atom is -0.493 e. The molecule has 3 aromatic rings. The van der Waals surface area contributed by atoms with Gasteiger partial charge in [-0.3, -0.25) is 14.5 Å². The standard InChI is InChI=1S/C31H30FN3O4S/c1-38-27-18-21(16-17-26(27)39-20-29(36)33-22-10-4-2-5-11-22)19-28-30(37)35(23-12-6-3-7-13-23)31(40-28)34-25-15-9-8-14-24(25)32/h2,4-5,8-11,14-19,23H,3,6-7,12-13,20H2,1H3,(H,33,36)/b28-19-,34-31?. The predicted molar refractivity (Wildman–Crippen MR) is 156 cm³/mol. The van der Waals surface area contributed by atoms with Crippen LogP contribution in [-0.4, -0.2) is 41.6 Å². The molecule has 1 aliphatic carbocycles. The third-order valence-corrected chi connectivity index (χ3v) is 7.73. The number of anilines is 1. The molecule has 9 heteroatoms. The van der Waals surface area contributed by atoms with Crippen LogP contribution in [0.25, 0.3) is 6.08 Å². The molecule has 0 atom stereocenters. The van der Waals surface area contributed by atoms with Crippen molar-refractivity contribution in [1.82, 2.24) is 4.90 Å². The second-order valence-corrected chi connectivity index (χ2v) is 10.5. The van der Waals surface area contributed by atoms with Crippen molar-refractivity contribution in [2.24, 2.45) is 4.99 Å². The predicted octanol–water partition coefficient (Wildman–Crippen LogP) is 6.79. The lowest BCUT2D eigenvalue weighted by atomic mass is 9.94. The van der Waals surface area contributed by atoms with Gasteiger partial charge in [-0.15, -0.1) is 0 Å². The third-order valence-electron chi connectivity index (χ3n) is 6.75. The molecule has 1 saturated carbocycles. The number of amides is 2. The Morgan fingerprint density at radius 2 is 1.80 bits per heavy atom. The van der Waals surface area contributed by atoms with Gasteiger partial charge in [0, 0.05) is 11.7 Å². The van der Waals surface area contributed by atoms with Gasteiger partial charge in [-0.2, -0.15) is 0 Å². The van der Waals surface area contributed by atoms with E-state index >= 15 is 0 Å². The number of amidine groups is 1. The highest BCUT2D eigenvalue weighted by Crippen LogP contribution is 2.39. The topological polar surface area (TPSA) is 80.2 Å². The van der Waals surface area contributed by atoms with Gasteiger partial charge in [0.2, 0.25) is 0 Å². The number of halogens is 1. The van der Waals surface area contributed by atoms with Crippen LogP contribution in [0.3, 0.4) is 0 Å². The monoisotopic (exact) mass is 559 g/mol. The first kappa shape index (κ1) is 27.5. The summed E-state index contributed by atoms with van der Waals surface area (Å²) in [6, 6.07) is 20.8. The van der Waals surface area contributed by atoms with E-state index in [-0.39, 0.29) is 30.2 Å². The van der Waals surface area contributed by atoms with Crippen LogP contribution >= 0.6 is 11.8 Å². The first-order valence-corrected chi connectivity index (χ1v) is 14.1. The van der Waals surface area contributed by atoms with E-state index in [9.17, 15) is 14.0 Å². The van der Waals surface area contributed by atoms with Crippen molar-refractivity contribution < 1.29 is 23.5 Å². The maximum Gasteiger partial charge on any atom is 0.267 e. The summed E-state index contributed by atoms with van der Waals surface area (Å²) >= 11 is 1.25. The zero-order chi connectivity index (χ0) is 27.9. The summed E-state index contributed by atoms with van der Waals surface area (Å²) in [5.41, 5.74) is 1.62. The molecule has 2 fully saturated rings. The SMILES string of the molecule is COc1cc(/C=C2\SC(=Nc3ccccc3F)N(C3CCCCC3)C2=O)ccc1OCC(=O)Nc1ccccc1. The highest BCUT2D eigenvalue weighted by Gasteiger charge is 2.38. The van der Waals surface area contributed by atoms with Crippen LogP contribution in [0.2, 0.25) is 0 Å². The molecule has 2 amide bonds. The number of hydrogen-bond donors (Lipinski definition) is 1. The zero-order valence-corrected chi connectivity index (χ0v) is 23.0. The lowest BCUT2D eigenvalue weighted by Gasteiger charge is -2.30. The number of thioether (sulfide) groups is 1. The minimum absolute atomic E-state index is 0.0394. The van der Waals surface area contributed by atoms with Gasteiger partial charge in [0.25, 0.3) is 11.8 Å². The van der Waals surface area contributed by atoms with E-state index in [4.69, 9.17) is 9.47 Å². The zero-order valence-electron chi connectivity index (χ0n) is 22.1. The molecule has 40 heavy (non-hydrogen) atoms. The second kappa shape index (κ2) is 12.8. The molecule has 0 unspecified atom stereocenters. The van der Waals surface area contributed by atoms with Crippen molar-refractivity contribution in [3.05, 3.63) is 89.1 Å². The molecule has 206 valence electrons. The van der Waals surface area contributed by atoms with Crippen molar-refractivity contribution in [2.75, 3.05) is 19.0 Å². The van der Waals surface area contributed by atoms with Gasteiger partial charge in [-0.25, -0.2) is 9.38 Å². The Balaban J connectivity index is 1.35. The van der Waals surface area contributed by atoms with Crippen molar-refractivity contribution in [3.8, 4) is 11.5 Å². The summed E-state index contributed by atoms with van der Waals surface area (Å²) in [6.07, 6.45) is 6.82. The molecule has 0 radical (unpaired) electrons. The van der Waals surface area contributed by atoms with E-state index in [0.717, 1.165) is 37.7 Å². The van der Waals surface area contributed by atoms with E-state index in [1.807, 2.05) is 18.2 Å². The second-order valence-electron chi connectivity index (χ2n) is 9.54. The number of nitrogens with one attached hydrogen (secondary N) is 1. The number of hydrogen-bond acceptors (Lipinski definition) is 6. The average Bonchev–Trinajstić information content (AvgIpc) is 3.28. The number of para-hydroxylation sites is 2. The van der Waals surface area contributed by atoms with Crippen LogP contribution in [0, 0.1) is 5.82 Å². The molecule has 2 aliphatic rings. The van der Waals surface area contributed by atoms with Crippen LogP contribution < -0.4 is 14.8 Å². The summed E-state index contributed by atoms with van der Waals surface area (Å²) in [6.45, 7) is -0.188. The quantitative estimate of drug-likeness (QED) is 0.308. The van der Waals surface area contributed by atoms with Crippen molar-refractivity contribution in [1.29, 1.82) is 0 Å². The van der Waals surface area contributed by atoms with Gasteiger partial charge in [-0.1, -0.05) is 55.7 Å². The number of benzene rings is 3. The van der Waals surface area contributed by atoms with Gasteiger partial charge >= 0.3 is 0 Å². The highest BCUT2D eigenvalue weighted by molar-refractivity contribution is 8.18. The molecule has 5 rings (SSSR count). The Morgan fingerprint density at radius 3 is 2.55 bits per heavy atom. The van der Waals surface area contributed by atoms with Gasteiger partial charge in [-0.05, 0) is 72.6 Å². The highest BCUT2D eigenvalue weighted by atomic mass is 32.2. The fourth-order valence-electron chi connectivity index (χ4n) is 4.78. The summed E-state index contributed by atoms with van der Waals surface area (Å²) in [5, 5.41) is 3.27. The van der Waals surface area contributed by atoms with Gasteiger partial charge in [0.15, 0.2) is 23.3 Å². The molecular weight excluding hydrogens is 529 g/mol. The Bertz CT molecular complexity index is 1440. The molecule has 1 aliphatic heterocycles. The molecule has 3 aromatic carbocycles. The lowest BCUT2D eigenvalue weighted by Crippen LogP contribution is -2.40. The Kier molecular flexibility index (Phi) is 8.81. The molecular formula is C31H30FN3O4S.